The summed E-state index contributed by atoms with van der Waals surface area (Å²) in [5.41, 5.74) is 1.57. The van der Waals surface area contributed by atoms with E-state index in [1.165, 1.54) is 11.1 Å². The molecule has 1 saturated carbocycles. The van der Waals surface area contributed by atoms with E-state index in [0.29, 0.717) is 0 Å². The molecule has 0 aliphatic heterocycles. The van der Waals surface area contributed by atoms with Gasteiger partial charge in [0.15, 0.2) is 0 Å². The van der Waals surface area contributed by atoms with Crippen molar-refractivity contribution < 1.29 is 18.9 Å². The molecule has 0 radical (unpaired) electrons. The summed E-state index contributed by atoms with van der Waals surface area (Å²) in [5, 5.41) is 0. The molecule has 0 spiro atoms. The third-order valence-electron chi connectivity index (χ3n) is 5.51. The van der Waals surface area contributed by atoms with E-state index < -0.39 is 0 Å². The van der Waals surface area contributed by atoms with E-state index in [2.05, 4.69) is 80.4 Å². The van der Waals surface area contributed by atoms with Crippen LogP contribution in [0.2, 0.25) is 0 Å². The first kappa shape index (κ1) is 21.9. The molecule has 1 fully saturated rings. The van der Waals surface area contributed by atoms with Crippen LogP contribution < -0.4 is 0 Å². The predicted octanol–water partition coefficient (Wildman–Crippen LogP) is 6.12. The molecule has 152 valence electrons. The second-order valence-electron chi connectivity index (χ2n) is 7.10. The molecule has 0 aromatic heterocycles. The van der Waals surface area contributed by atoms with Gasteiger partial charge in [-0.2, -0.15) is 0 Å². The van der Waals surface area contributed by atoms with Gasteiger partial charge in [-0.1, -0.05) is 56.1 Å². The molecule has 0 bridgehead atoms. The molecule has 2 aromatic carbocycles. The summed E-state index contributed by atoms with van der Waals surface area (Å²) in [6.45, 7) is 0.528. The van der Waals surface area contributed by atoms with E-state index in [9.17, 15) is 0 Å². The van der Waals surface area contributed by atoms with E-state index >= 15 is 0 Å². The quantitative estimate of drug-likeness (QED) is 0.398. The summed E-state index contributed by atoms with van der Waals surface area (Å²) >= 11 is 7.04. The van der Waals surface area contributed by atoms with Gasteiger partial charge in [0.2, 0.25) is 0 Å². The van der Waals surface area contributed by atoms with Crippen LogP contribution in [0.25, 0.3) is 0 Å². The SMILES string of the molecule is COCOC1(c2ccc(Br)cc2)CCC(OCOC)(c2ccc(Br)cc2)CC1. The minimum absolute atomic E-state index is 0.264. The molecule has 1 aliphatic carbocycles. The lowest BCUT2D eigenvalue weighted by atomic mass is 9.70. The molecule has 0 saturated heterocycles. The van der Waals surface area contributed by atoms with Gasteiger partial charge in [-0.25, -0.2) is 0 Å². The molecule has 0 N–H and O–H groups in total. The fourth-order valence-corrected chi connectivity index (χ4v) is 4.47. The van der Waals surface area contributed by atoms with E-state index in [1.807, 2.05) is 0 Å². The molecular weight excluding hydrogens is 488 g/mol. The van der Waals surface area contributed by atoms with Crippen molar-refractivity contribution in [2.75, 3.05) is 27.8 Å². The number of hydrogen-bond acceptors (Lipinski definition) is 4. The van der Waals surface area contributed by atoms with Crippen molar-refractivity contribution in [3.63, 3.8) is 0 Å². The van der Waals surface area contributed by atoms with Crippen LogP contribution in [0, 0.1) is 0 Å². The molecule has 0 unspecified atom stereocenters. The van der Waals surface area contributed by atoms with Gasteiger partial charge in [0.05, 0.1) is 11.2 Å². The molecule has 0 amide bonds. The predicted molar refractivity (Wildman–Crippen MR) is 116 cm³/mol. The Bertz CT molecular complexity index is 673. The van der Waals surface area contributed by atoms with Crippen molar-refractivity contribution in [1.82, 2.24) is 0 Å². The molecule has 0 heterocycles. The van der Waals surface area contributed by atoms with Gasteiger partial charge in [0, 0.05) is 23.2 Å². The van der Waals surface area contributed by atoms with Crippen LogP contribution in [0.1, 0.15) is 36.8 Å². The maximum Gasteiger partial charge on any atom is 0.147 e. The molecule has 0 atom stereocenters. The molecule has 4 nitrogen and oxygen atoms in total. The minimum atomic E-state index is -0.383. The summed E-state index contributed by atoms with van der Waals surface area (Å²) < 4.78 is 25.1. The van der Waals surface area contributed by atoms with E-state index in [1.54, 1.807) is 14.2 Å². The monoisotopic (exact) mass is 512 g/mol. The second-order valence-corrected chi connectivity index (χ2v) is 8.94. The lowest BCUT2D eigenvalue weighted by Gasteiger charge is -2.46. The largest absolute Gasteiger partial charge is 0.359 e. The number of ether oxygens (including phenoxy) is 4. The van der Waals surface area contributed by atoms with Gasteiger partial charge in [-0.3, -0.25) is 0 Å². The topological polar surface area (TPSA) is 36.9 Å². The lowest BCUT2D eigenvalue weighted by molar-refractivity contribution is -0.203. The Kier molecular flexibility index (Phi) is 7.70. The third kappa shape index (κ3) is 4.86. The van der Waals surface area contributed by atoms with Crippen molar-refractivity contribution in [1.29, 1.82) is 0 Å². The highest BCUT2D eigenvalue weighted by atomic mass is 79.9. The first-order valence-corrected chi connectivity index (χ1v) is 10.9. The third-order valence-corrected chi connectivity index (χ3v) is 6.57. The van der Waals surface area contributed by atoms with Crippen LogP contribution >= 0.6 is 31.9 Å². The molecule has 2 aromatic rings. The number of methoxy groups -OCH3 is 2. The summed E-state index contributed by atoms with van der Waals surface area (Å²) in [5.74, 6) is 0. The van der Waals surface area contributed by atoms with Gasteiger partial charge in [0.25, 0.3) is 0 Å². The van der Waals surface area contributed by atoms with Crippen LogP contribution in [0.3, 0.4) is 0 Å². The summed E-state index contributed by atoms with van der Waals surface area (Å²) in [7, 11) is 3.32. The minimum Gasteiger partial charge on any atom is -0.359 e. The normalized spacial score (nSPS) is 25.0. The van der Waals surface area contributed by atoms with Gasteiger partial charge in [-0.15, -0.1) is 0 Å². The Balaban J connectivity index is 1.88. The average molecular weight is 514 g/mol. The van der Waals surface area contributed by atoms with E-state index in [0.717, 1.165) is 34.6 Å². The van der Waals surface area contributed by atoms with E-state index in [-0.39, 0.29) is 24.8 Å². The Morgan fingerprint density at radius 1 is 0.643 bits per heavy atom. The Labute approximate surface area is 183 Å². The summed E-state index contributed by atoms with van der Waals surface area (Å²) in [4.78, 5) is 0. The summed E-state index contributed by atoms with van der Waals surface area (Å²) in [6, 6.07) is 16.8. The van der Waals surface area contributed by atoms with Crippen LogP contribution in [0.15, 0.2) is 57.5 Å². The van der Waals surface area contributed by atoms with E-state index in [4.69, 9.17) is 18.9 Å². The fraction of sp³-hybridized carbons (Fsp3) is 0.455. The Hall–Kier alpha value is -0.760. The summed E-state index contributed by atoms with van der Waals surface area (Å²) in [6.07, 6.45) is 3.32. The number of rotatable bonds is 8. The molecule has 3 rings (SSSR count). The zero-order valence-corrected chi connectivity index (χ0v) is 19.4. The van der Waals surface area contributed by atoms with Gasteiger partial charge >= 0.3 is 0 Å². The first-order chi connectivity index (χ1) is 13.5. The fourth-order valence-electron chi connectivity index (χ4n) is 3.94. The van der Waals surface area contributed by atoms with Crippen LogP contribution in [-0.4, -0.2) is 27.8 Å². The zero-order chi connectivity index (χ0) is 20.0. The van der Waals surface area contributed by atoms with Crippen LogP contribution in [0.4, 0.5) is 0 Å². The highest BCUT2D eigenvalue weighted by Crippen LogP contribution is 2.50. The Morgan fingerprint density at radius 3 is 1.25 bits per heavy atom. The molecule has 6 heteroatoms. The lowest BCUT2D eigenvalue weighted by Crippen LogP contribution is -2.43. The zero-order valence-electron chi connectivity index (χ0n) is 16.3. The van der Waals surface area contributed by atoms with Gasteiger partial charge < -0.3 is 18.9 Å². The van der Waals surface area contributed by atoms with Crippen molar-refractivity contribution in [2.45, 2.75) is 36.9 Å². The molecule has 28 heavy (non-hydrogen) atoms. The van der Waals surface area contributed by atoms with Crippen molar-refractivity contribution in [3.05, 3.63) is 68.6 Å². The van der Waals surface area contributed by atoms with Crippen LogP contribution in [0.5, 0.6) is 0 Å². The average Bonchev–Trinajstić information content (AvgIpc) is 2.73. The Morgan fingerprint density at radius 2 is 0.964 bits per heavy atom. The molecular formula is C22H26Br2O4. The number of benzene rings is 2. The molecule has 1 aliphatic rings. The van der Waals surface area contributed by atoms with Crippen molar-refractivity contribution in [3.8, 4) is 0 Å². The van der Waals surface area contributed by atoms with Crippen LogP contribution in [-0.2, 0) is 30.1 Å². The number of hydrogen-bond donors (Lipinski definition) is 0. The van der Waals surface area contributed by atoms with Gasteiger partial charge in [0.1, 0.15) is 13.6 Å². The van der Waals surface area contributed by atoms with Crippen molar-refractivity contribution in [2.24, 2.45) is 0 Å². The van der Waals surface area contributed by atoms with Crippen molar-refractivity contribution >= 4 is 31.9 Å². The number of halogens is 2. The highest BCUT2D eigenvalue weighted by molar-refractivity contribution is 9.10. The van der Waals surface area contributed by atoms with Gasteiger partial charge in [-0.05, 0) is 61.1 Å². The maximum atomic E-state index is 6.27. The standard InChI is InChI=1S/C22H26Br2O4/c1-25-15-27-21(17-3-7-19(23)8-4-17)11-13-22(14-12-21,28-16-26-2)18-5-9-20(24)10-6-18/h3-10H,11-16H2,1-2H3. The smallest absolute Gasteiger partial charge is 0.147 e. The highest BCUT2D eigenvalue weighted by Gasteiger charge is 2.46. The second kappa shape index (κ2) is 9.83. The maximum absolute atomic E-state index is 6.27. The first-order valence-electron chi connectivity index (χ1n) is 9.31.